The van der Waals surface area contributed by atoms with Crippen LogP contribution in [-0.4, -0.2) is 79.2 Å². The molecule has 3 N–H and O–H groups in total. The van der Waals surface area contributed by atoms with Gasteiger partial charge in [0.25, 0.3) is 0 Å². The van der Waals surface area contributed by atoms with Gasteiger partial charge in [-0.05, 0) is 46.0 Å². The van der Waals surface area contributed by atoms with Gasteiger partial charge < -0.3 is 30.1 Å². The van der Waals surface area contributed by atoms with Crippen molar-refractivity contribution >= 4 is 17.3 Å². The van der Waals surface area contributed by atoms with E-state index in [2.05, 4.69) is 22.2 Å². The first kappa shape index (κ1) is 20.5. The first-order valence-electron chi connectivity index (χ1n) is 9.03. The van der Waals surface area contributed by atoms with Crippen LogP contribution in [0.15, 0.2) is 18.2 Å². The number of esters is 1. The molecule has 0 saturated carbocycles. The molecule has 0 amide bonds. The predicted octanol–water partition coefficient (Wildman–Crippen LogP) is 1.16. The number of likely N-dealkylation sites (N-methyl/N-ethyl adjacent to an activating group) is 1. The standard InChI is InChI=1S/C19H31N3O4/c1-19(2,3)26-18(25)16-6-5-14(22-9-7-21(4)8-10-22)11-17(16)20-12-15(24)13-23/h5-6,11,15,20,23-24H,7-10,12-13H2,1-4H3. The summed E-state index contributed by atoms with van der Waals surface area (Å²) in [5.74, 6) is -0.414. The second-order valence-electron chi connectivity index (χ2n) is 7.74. The second-order valence-corrected chi connectivity index (χ2v) is 7.74. The molecule has 1 unspecified atom stereocenters. The molecular weight excluding hydrogens is 334 g/mol. The highest BCUT2D eigenvalue weighted by Crippen LogP contribution is 2.26. The number of rotatable bonds is 6. The summed E-state index contributed by atoms with van der Waals surface area (Å²) in [6.45, 7) is 9.09. The number of carbonyl (C=O) groups is 1. The summed E-state index contributed by atoms with van der Waals surface area (Å²) in [6.07, 6.45) is -0.895. The van der Waals surface area contributed by atoms with Crippen molar-refractivity contribution in [3.8, 4) is 0 Å². The lowest BCUT2D eigenvalue weighted by Crippen LogP contribution is -2.44. The third-order valence-electron chi connectivity index (χ3n) is 4.23. The van der Waals surface area contributed by atoms with E-state index < -0.39 is 17.7 Å². The number of aliphatic hydroxyl groups excluding tert-OH is 2. The number of nitrogens with one attached hydrogen (secondary N) is 1. The van der Waals surface area contributed by atoms with E-state index in [0.29, 0.717) is 11.3 Å². The van der Waals surface area contributed by atoms with Gasteiger partial charge in [0.15, 0.2) is 0 Å². The molecule has 1 aliphatic heterocycles. The second kappa shape index (κ2) is 8.70. The number of aliphatic hydroxyl groups is 2. The van der Waals surface area contributed by atoms with Gasteiger partial charge in [0.05, 0.1) is 24.0 Å². The normalized spacial score (nSPS) is 17.1. The van der Waals surface area contributed by atoms with Crippen molar-refractivity contribution in [3.05, 3.63) is 23.8 Å². The molecule has 1 heterocycles. The maximum absolute atomic E-state index is 12.5. The van der Waals surface area contributed by atoms with Crippen LogP contribution in [0.3, 0.4) is 0 Å². The number of nitrogens with zero attached hydrogens (tertiary/aromatic N) is 2. The van der Waals surface area contributed by atoms with E-state index >= 15 is 0 Å². The highest BCUT2D eigenvalue weighted by atomic mass is 16.6. The van der Waals surface area contributed by atoms with Crippen LogP contribution in [0, 0.1) is 0 Å². The van der Waals surface area contributed by atoms with Gasteiger partial charge in [-0.25, -0.2) is 4.79 Å². The molecule has 7 heteroatoms. The van der Waals surface area contributed by atoms with E-state index in [4.69, 9.17) is 9.84 Å². The minimum atomic E-state index is -0.895. The lowest BCUT2D eigenvalue weighted by Gasteiger charge is -2.34. The fraction of sp³-hybridized carbons (Fsp3) is 0.632. The molecule has 0 spiro atoms. The van der Waals surface area contributed by atoms with Gasteiger partial charge in [0.2, 0.25) is 0 Å². The molecule has 1 saturated heterocycles. The van der Waals surface area contributed by atoms with E-state index in [9.17, 15) is 9.90 Å². The maximum atomic E-state index is 12.5. The SMILES string of the molecule is CN1CCN(c2ccc(C(=O)OC(C)(C)C)c(NCC(O)CO)c2)CC1. The van der Waals surface area contributed by atoms with E-state index in [1.807, 2.05) is 32.9 Å². The minimum Gasteiger partial charge on any atom is -0.456 e. The molecule has 26 heavy (non-hydrogen) atoms. The summed E-state index contributed by atoms with van der Waals surface area (Å²) < 4.78 is 5.49. The van der Waals surface area contributed by atoms with Crippen molar-refractivity contribution in [3.63, 3.8) is 0 Å². The summed E-state index contributed by atoms with van der Waals surface area (Å²) in [4.78, 5) is 17.1. The van der Waals surface area contributed by atoms with Gasteiger partial charge in [0.1, 0.15) is 5.60 Å². The molecule has 7 nitrogen and oxygen atoms in total. The summed E-state index contributed by atoms with van der Waals surface area (Å²) >= 11 is 0. The molecule has 1 aromatic carbocycles. The summed E-state index contributed by atoms with van der Waals surface area (Å²) in [7, 11) is 2.10. The highest BCUT2D eigenvalue weighted by molar-refractivity contribution is 5.96. The van der Waals surface area contributed by atoms with Crippen molar-refractivity contribution in [2.45, 2.75) is 32.5 Å². The Balaban J connectivity index is 2.24. The Morgan fingerprint density at radius 2 is 1.92 bits per heavy atom. The Labute approximate surface area is 155 Å². The van der Waals surface area contributed by atoms with Crippen molar-refractivity contribution in [2.75, 3.05) is 56.6 Å². The zero-order chi connectivity index (χ0) is 19.3. The molecule has 2 rings (SSSR count). The third-order valence-corrected chi connectivity index (χ3v) is 4.23. The lowest BCUT2D eigenvalue weighted by atomic mass is 10.1. The first-order chi connectivity index (χ1) is 12.2. The number of piperazine rings is 1. The minimum absolute atomic E-state index is 0.151. The van der Waals surface area contributed by atoms with Gasteiger partial charge in [-0.1, -0.05) is 0 Å². The molecule has 0 aromatic heterocycles. The van der Waals surface area contributed by atoms with Gasteiger partial charge in [-0.3, -0.25) is 0 Å². The van der Waals surface area contributed by atoms with Crippen molar-refractivity contribution in [1.82, 2.24) is 4.90 Å². The number of hydrogen-bond acceptors (Lipinski definition) is 7. The van der Waals surface area contributed by atoms with Crippen LogP contribution in [-0.2, 0) is 4.74 Å². The highest BCUT2D eigenvalue weighted by Gasteiger charge is 2.22. The average molecular weight is 365 g/mol. The predicted molar refractivity (Wildman–Crippen MR) is 103 cm³/mol. The van der Waals surface area contributed by atoms with E-state index in [1.165, 1.54) is 0 Å². The van der Waals surface area contributed by atoms with E-state index in [-0.39, 0.29) is 13.2 Å². The Morgan fingerprint density at radius 3 is 2.50 bits per heavy atom. The molecule has 0 aliphatic carbocycles. The topological polar surface area (TPSA) is 85.3 Å². The smallest absolute Gasteiger partial charge is 0.340 e. The molecule has 1 atom stereocenters. The van der Waals surface area contributed by atoms with Gasteiger partial charge in [0, 0.05) is 38.4 Å². The van der Waals surface area contributed by atoms with Gasteiger partial charge >= 0.3 is 5.97 Å². The average Bonchev–Trinajstić information content (AvgIpc) is 2.58. The lowest BCUT2D eigenvalue weighted by molar-refractivity contribution is 0.00705. The molecule has 1 aliphatic rings. The Bertz CT molecular complexity index is 607. The number of hydrogen-bond donors (Lipinski definition) is 3. The maximum Gasteiger partial charge on any atom is 0.340 e. The van der Waals surface area contributed by atoms with Crippen LogP contribution in [0.1, 0.15) is 31.1 Å². The van der Waals surface area contributed by atoms with Crippen LogP contribution in [0.2, 0.25) is 0 Å². The Hall–Kier alpha value is -1.83. The van der Waals surface area contributed by atoms with Crippen LogP contribution in [0.4, 0.5) is 11.4 Å². The summed E-state index contributed by atoms with van der Waals surface area (Å²) in [6, 6.07) is 5.60. The van der Waals surface area contributed by atoms with E-state index in [0.717, 1.165) is 31.9 Å². The molecule has 1 fully saturated rings. The van der Waals surface area contributed by atoms with Gasteiger partial charge in [-0.2, -0.15) is 0 Å². The molecule has 1 aromatic rings. The molecule has 0 radical (unpaired) electrons. The van der Waals surface area contributed by atoms with Crippen LogP contribution in [0.5, 0.6) is 0 Å². The number of benzene rings is 1. The number of ether oxygens (including phenoxy) is 1. The van der Waals surface area contributed by atoms with E-state index in [1.54, 1.807) is 6.07 Å². The molecular formula is C19H31N3O4. The van der Waals surface area contributed by atoms with Crippen LogP contribution < -0.4 is 10.2 Å². The monoisotopic (exact) mass is 365 g/mol. The third kappa shape index (κ3) is 5.86. The van der Waals surface area contributed by atoms with Crippen molar-refractivity contribution in [1.29, 1.82) is 0 Å². The first-order valence-corrected chi connectivity index (χ1v) is 9.03. The van der Waals surface area contributed by atoms with Crippen molar-refractivity contribution < 1.29 is 19.7 Å². The number of carbonyl (C=O) groups excluding carboxylic acids is 1. The van der Waals surface area contributed by atoms with Crippen LogP contribution in [0.25, 0.3) is 0 Å². The Kier molecular flexibility index (Phi) is 6.86. The Morgan fingerprint density at radius 1 is 1.27 bits per heavy atom. The fourth-order valence-corrected chi connectivity index (χ4v) is 2.74. The van der Waals surface area contributed by atoms with Gasteiger partial charge in [-0.15, -0.1) is 0 Å². The van der Waals surface area contributed by atoms with Crippen LogP contribution >= 0.6 is 0 Å². The van der Waals surface area contributed by atoms with Crippen molar-refractivity contribution in [2.24, 2.45) is 0 Å². The number of anilines is 2. The largest absolute Gasteiger partial charge is 0.456 e. The summed E-state index contributed by atoms with van der Waals surface area (Å²) in [5, 5.41) is 21.7. The molecule has 146 valence electrons. The zero-order valence-corrected chi connectivity index (χ0v) is 16.2. The zero-order valence-electron chi connectivity index (χ0n) is 16.2. The molecule has 0 bridgehead atoms. The fourth-order valence-electron chi connectivity index (χ4n) is 2.74. The summed E-state index contributed by atoms with van der Waals surface area (Å²) in [5.41, 5.74) is 1.45. The quantitative estimate of drug-likeness (QED) is 0.652.